The highest BCUT2D eigenvalue weighted by molar-refractivity contribution is 5.59. The number of hydrogen-bond donors (Lipinski definition) is 1. The third-order valence-electron chi connectivity index (χ3n) is 4.23. The number of anilines is 1. The number of hydrogen-bond acceptors (Lipinski definition) is 3. The van der Waals surface area contributed by atoms with E-state index < -0.39 is 6.10 Å². The van der Waals surface area contributed by atoms with E-state index in [-0.39, 0.29) is 0 Å². The predicted molar refractivity (Wildman–Crippen MR) is 85.2 cm³/mol. The van der Waals surface area contributed by atoms with Crippen molar-refractivity contribution in [2.45, 2.75) is 19.4 Å². The Balaban J connectivity index is 1.99. The van der Waals surface area contributed by atoms with Crippen LogP contribution in [0.25, 0.3) is 0 Å². The van der Waals surface area contributed by atoms with Crippen molar-refractivity contribution in [1.29, 1.82) is 0 Å². The van der Waals surface area contributed by atoms with E-state index in [2.05, 4.69) is 24.1 Å². The van der Waals surface area contributed by atoms with Gasteiger partial charge in [-0.15, -0.1) is 0 Å². The molecule has 3 rings (SSSR count). The molecule has 0 saturated heterocycles. The monoisotopic (exact) mass is 283 g/mol. The Hall–Kier alpha value is -2.00. The lowest BCUT2D eigenvalue weighted by Gasteiger charge is -2.18. The lowest BCUT2D eigenvalue weighted by Crippen LogP contribution is -2.12. The third-order valence-corrected chi connectivity index (χ3v) is 4.23. The molecule has 2 aromatic carbocycles. The van der Waals surface area contributed by atoms with Crippen LogP contribution in [0.5, 0.6) is 5.75 Å². The number of aliphatic hydroxyl groups excluding tert-OH is 1. The summed E-state index contributed by atoms with van der Waals surface area (Å²) in [6, 6.07) is 12.1. The maximum atomic E-state index is 10.7. The summed E-state index contributed by atoms with van der Waals surface area (Å²) in [6.07, 6.45) is 0.383. The average Bonchev–Trinajstić information content (AvgIpc) is 2.87. The fourth-order valence-corrected chi connectivity index (χ4v) is 3.00. The van der Waals surface area contributed by atoms with Crippen molar-refractivity contribution in [1.82, 2.24) is 0 Å². The zero-order chi connectivity index (χ0) is 15.0. The lowest BCUT2D eigenvalue weighted by atomic mass is 9.97. The second-order valence-corrected chi connectivity index (χ2v) is 5.71. The van der Waals surface area contributed by atoms with Crippen LogP contribution in [0.3, 0.4) is 0 Å². The highest BCUT2D eigenvalue weighted by atomic mass is 16.5. The Morgan fingerprint density at radius 3 is 2.76 bits per heavy atom. The van der Waals surface area contributed by atoms with Crippen molar-refractivity contribution >= 4 is 5.69 Å². The van der Waals surface area contributed by atoms with E-state index >= 15 is 0 Å². The summed E-state index contributed by atoms with van der Waals surface area (Å²) in [6.45, 7) is 3.07. The zero-order valence-corrected chi connectivity index (χ0v) is 12.8. The highest BCUT2D eigenvalue weighted by Crippen LogP contribution is 2.34. The van der Waals surface area contributed by atoms with E-state index in [1.54, 1.807) is 7.11 Å². The van der Waals surface area contributed by atoms with Crippen LogP contribution < -0.4 is 9.64 Å². The lowest BCUT2D eigenvalue weighted by molar-refractivity contribution is 0.214. The molecule has 0 spiro atoms. The Morgan fingerprint density at radius 2 is 2.00 bits per heavy atom. The van der Waals surface area contributed by atoms with E-state index in [0.29, 0.717) is 0 Å². The quantitative estimate of drug-likeness (QED) is 0.939. The summed E-state index contributed by atoms with van der Waals surface area (Å²) in [5, 5.41) is 10.7. The fraction of sp³-hybridized carbons (Fsp3) is 0.333. The van der Waals surface area contributed by atoms with Crippen molar-refractivity contribution in [2.75, 3.05) is 25.6 Å². The van der Waals surface area contributed by atoms with Gasteiger partial charge in [-0.05, 0) is 42.7 Å². The van der Waals surface area contributed by atoms with Crippen molar-refractivity contribution in [3.8, 4) is 5.75 Å². The number of benzene rings is 2. The number of aliphatic hydroxyl groups is 1. The van der Waals surface area contributed by atoms with Gasteiger partial charge in [0, 0.05) is 24.8 Å². The second kappa shape index (κ2) is 5.41. The number of likely N-dealkylation sites (N-methyl/N-ethyl adjacent to an activating group) is 1. The van der Waals surface area contributed by atoms with E-state index in [9.17, 15) is 5.11 Å². The molecule has 1 N–H and O–H groups in total. The molecule has 1 atom stereocenters. The molecule has 0 fully saturated rings. The van der Waals surface area contributed by atoms with Crippen LogP contribution in [0.4, 0.5) is 5.69 Å². The van der Waals surface area contributed by atoms with Crippen LogP contribution >= 0.6 is 0 Å². The van der Waals surface area contributed by atoms with E-state index in [4.69, 9.17) is 4.74 Å². The van der Waals surface area contributed by atoms with E-state index in [0.717, 1.165) is 35.4 Å². The SMILES string of the molecule is COc1ccc(C)cc1C(O)c1ccc2c(c1)CCN2C. The predicted octanol–water partition coefficient (Wildman–Crippen LogP) is 3.08. The van der Waals surface area contributed by atoms with Gasteiger partial charge in [-0.1, -0.05) is 23.8 Å². The van der Waals surface area contributed by atoms with Gasteiger partial charge in [0.1, 0.15) is 11.9 Å². The van der Waals surface area contributed by atoms with Gasteiger partial charge in [0.2, 0.25) is 0 Å². The molecule has 3 heteroatoms. The zero-order valence-electron chi connectivity index (χ0n) is 12.8. The molecule has 0 bridgehead atoms. The van der Waals surface area contributed by atoms with Gasteiger partial charge in [0.25, 0.3) is 0 Å². The standard InChI is InChI=1S/C18H21NO2/c1-12-4-7-17(21-3)15(10-12)18(20)14-5-6-16-13(11-14)8-9-19(16)2/h4-7,10-11,18,20H,8-9H2,1-3H3. The van der Waals surface area contributed by atoms with Crippen molar-refractivity contribution in [3.63, 3.8) is 0 Å². The average molecular weight is 283 g/mol. The molecule has 110 valence electrons. The number of rotatable bonds is 3. The van der Waals surface area contributed by atoms with Gasteiger partial charge in [0.05, 0.1) is 7.11 Å². The largest absolute Gasteiger partial charge is 0.496 e. The molecule has 0 saturated carbocycles. The molecule has 1 unspecified atom stereocenters. The summed E-state index contributed by atoms with van der Waals surface area (Å²) in [5.41, 5.74) is 5.44. The summed E-state index contributed by atoms with van der Waals surface area (Å²) in [5.74, 6) is 0.728. The maximum absolute atomic E-state index is 10.7. The minimum absolute atomic E-state index is 0.656. The first kappa shape index (κ1) is 14.0. The molecular weight excluding hydrogens is 262 g/mol. The minimum atomic E-state index is -0.656. The van der Waals surface area contributed by atoms with Crippen molar-refractivity contribution < 1.29 is 9.84 Å². The normalized spacial score (nSPS) is 15.0. The first-order valence-corrected chi connectivity index (χ1v) is 7.26. The number of aryl methyl sites for hydroxylation is 1. The molecule has 0 amide bonds. The Bertz CT molecular complexity index is 666. The Kier molecular flexibility index (Phi) is 3.60. The molecule has 0 aromatic heterocycles. The minimum Gasteiger partial charge on any atom is -0.496 e. The van der Waals surface area contributed by atoms with E-state index in [1.807, 2.05) is 31.2 Å². The summed E-state index contributed by atoms with van der Waals surface area (Å²) in [7, 11) is 3.74. The van der Waals surface area contributed by atoms with Gasteiger partial charge in [-0.3, -0.25) is 0 Å². The Labute approximate surface area is 125 Å². The number of methoxy groups -OCH3 is 1. The van der Waals surface area contributed by atoms with Gasteiger partial charge in [0.15, 0.2) is 0 Å². The van der Waals surface area contributed by atoms with Crippen LogP contribution in [0.15, 0.2) is 36.4 Å². The molecular formula is C18H21NO2. The molecule has 0 aliphatic carbocycles. The molecule has 1 aliphatic heterocycles. The summed E-state index contributed by atoms with van der Waals surface area (Å²) < 4.78 is 5.38. The fourth-order valence-electron chi connectivity index (χ4n) is 3.00. The van der Waals surface area contributed by atoms with Crippen LogP contribution in [-0.4, -0.2) is 25.8 Å². The van der Waals surface area contributed by atoms with Crippen molar-refractivity contribution in [2.24, 2.45) is 0 Å². The van der Waals surface area contributed by atoms with Crippen LogP contribution in [0, 0.1) is 6.92 Å². The second-order valence-electron chi connectivity index (χ2n) is 5.71. The van der Waals surface area contributed by atoms with Gasteiger partial charge >= 0.3 is 0 Å². The van der Waals surface area contributed by atoms with Gasteiger partial charge in [-0.2, -0.15) is 0 Å². The van der Waals surface area contributed by atoms with E-state index in [1.165, 1.54) is 11.3 Å². The summed E-state index contributed by atoms with van der Waals surface area (Å²) in [4.78, 5) is 2.25. The number of fused-ring (bicyclic) bond motifs is 1. The van der Waals surface area contributed by atoms with Crippen molar-refractivity contribution in [3.05, 3.63) is 58.7 Å². The maximum Gasteiger partial charge on any atom is 0.125 e. The van der Waals surface area contributed by atoms with Crippen LogP contribution in [0.1, 0.15) is 28.4 Å². The number of ether oxygens (including phenoxy) is 1. The van der Waals surface area contributed by atoms with Gasteiger partial charge < -0.3 is 14.7 Å². The first-order chi connectivity index (χ1) is 10.1. The first-order valence-electron chi connectivity index (χ1n) is 7.26. The smallest absolute Gasteiger partial charge is 0.125 e. The topological polar surface area (TPSA) is 32.7 Å². The highest BCUT2D eigenvalue weighted by Gasteiger charge is 2.20. The summed E-state index contributed by atoms with van der Waals surface area (Å²) >= 11 is 0. The molecule has 0 radical (unpaired) electrons. The van der Waals surface area contributed by atoms with Crippen LogP contribution in [0.2, 0.25) is 0 Å². The third kappa shape index (κ3) is 2.49. The molecule has 2 aromatic rings. The molecule has 3 nitrogen and oxygen atoms in total. The van der Waals surface area contributed by atoms with Crippen LogP contribution in [-0.2, 0) is 6.42 Å². The number of nitrogens with zero attached hydrogens (tertiary/aromatic N) is 1. The molecule has 1 aliphatic rings. The molecule has 21 heavy (non-hydrogen) atoms. The molecule has 1 heterocycles. The Morgan fingerprint density at radius 1 is 1.19 bits per heavy atom. The van der Waals surface area contributed by atoms with Gasteiger partial charge in [-0.25, -0.2) is 0 Å².